The molecule has 0 aliphatic carbocycles. The summed E-state index contributed by atoms with van der Waals surface area (Å²) in [5, 5.41) is -0.710. The molecule has 4 fully saturated rings. The number of pyridine rings is 1. The van der Waals surface area contributed by atoms with Gasteiger partial charge < -0.3 is 28.6 Å². The molecule has 5 aliphatic heterocycles. The number of anilines is 1. The molecule has 3 aromatic rings. The van der Waals surface area contributed by atoms with Crippen molar-refractivity contribution in [2.45, 2.75) is 94.5 Å². The fraction of sp³-hybridized carbons (Fsp3) is 0.611. The molecule has 292 valence electrons. The summed E-state index contributed by atoms with van der Waals surface area (Å²) >= 11 is 6.19. The first-order valence-corrected chi connectivity index (χ1v) is 18.3. The molecule has 0 N–H and O–H groups in total. The molecule has 0 spiro atoms. The van der Waals surface area contributed by atoms with E-state index < -0.39 is 69.3 Å². The lowest BCUT2D eigenvalue weighted by Crippen LogP contribution is -2.63. The summed E-state index contributed by atoms with van der Waals surface area (Å²) in [5.41, 5.74) is -4.51. The van der Waals surface area contributed by atoms with E-state index in [1.54, 1.807) is 25.7 Å². The van der Waals surface area contributed by atoms with Crippen LogP contribution in [-0.4, -0.2) is 113 Å². The van der Waals surface area contributed by atoms with Crippen LogP contribution in [0.4, 0.5) is 32.6 Å². The average molecular weight is 783 g/mol. The molecular formula is C36H40ClF5N6O6. The molecule has 54 heavy (non-hydrogen) atoms. The standard InChI is InChI=1S/C36H40ClF5N6O6/c1-34(2,3)54-33(49)48-19-6-7-23(48)24-15-51-31-25-29(27(39)28(43-31)21-10-20(53-17-50-4)11-22(37)26(21)36(40,41)42)44-32(45-30(25)47(24)14-19)52-16-35-8-5-9-46(35)13-18(38)12-35/h10-11,18-19,23-24H,5-9,12-17H2,1-4H3/t18-,19+,23-,24-,35+/m1/s1. The molecule has 0 radical (unpaired) electrons. The number of hydrogen-bond acceptors (Lipinski definition) is 11. The number of hydrogen-bond donors (Lipinski definition) is 0. The van der Waals surface area contributed by atoms with Crippen LogP contribution in [-0.2, 0) is 15.7 Å². The topological polar surface area (TPSA) is 112 Å². The third kappa shape index (κ3) is 6.38. The van der Waals surface area contributed by atoms with Gasteiger partial charge in [0.25, 0.3) is 0 Å². The molecule has 0 unspecified atom stereocenters. The normalized spacial score (nSPS) is 26.4. The first kappa shape index (κ1) is 37.0. The van der Waals surface area contributed by atoms with Crippen LogP contribution in [0, 0.1) is 5.82 Å². The van der Waals surface area contributed by atoms with Crippen LogP contribution in [0.1, 0.15) is 58.4 Å². The zero-order chi connectivity index (χ0) is 38.3. The van der Waals surface area contributed by atoms with Gasteiger partial charge in [0, 0.05) is 32.2 Å². The number of aromatic nitrogens is 3. The smallest absolute Gasteiger partial charge is 0.418 e. The van der Waals surface area contributed by atoms with Gasteiger partial charge in [0.05, 0.1) is 34.3 Å². The number of alkyl halides is 4. The summed E-state index contributed by atoms with van der Waals surface area (Å²) in [5.74, 6) is -1.33. The quantitative estimate of drug-likeness (QED) is 0.187. The number of halogens is 6. The number of rotatable bonds is 7. The van der Waals surface area contributed by atoms with Crippen molar-refractivity contribution in [2.24, 2.45) is 0 Å². The fourth-order valence-corrected chi connectivity index (χ4v) is 9.14. The van der Waals surface area contributed by atoms with Crippen LogP contribution < -0.4 is 19.1 Å². The van der Waals surface area contributed by atoms with Gasteiger partial charge >= 0.3 is 18.3 Å². The van der Waals surface area contributed by atoms with Crippen molar-refractivity contribution in [3.05, 3.63) is 28.5 Å². The van der Waals surface area contributed by atoms with Crippen LogP contribution in [0.2, 0.25) is 5.02 Å². The number of nitrogens with zero attached hydrogens (tertiary/aromatic N) is 6. The van der Waals surface area contributed by atoms with E-state index in [-0.39, 0.29) is 79.9 Å². The Balaban J connectivity index is 1.27. The van der Waals surface area contributed by atoms with E-state index in [2.05, 4.69) is 9.97 Å². The van der Waals surface area contributed by atoms with Gasteiger partial charge in [-0.15, -0.1) is 0 Å². The summed E-state index contributed by atoms with van der Waals surface area (Å²) in [7, 11) is 1.33. The molecule has 18 heteroatoms. The number of fused-ring (bicyclic) bond motifs is 6. The lowest BCUT2D eigenvalue weighted by Gasteiger charge is -2.46. The third-order valence-electron chi connectivity index (χ3n) is 11.0. The Morgan fingerprint density at radius 3 is 2.63 bits per heavy atom. The van der Waals surface area contributed by atoms with Gasteiger partial charge in [-0.05, 0) is 65.1 Å². The highest BCUT2D eigenvalue weighted by atomic mass is 35.5. The number of carbonyl (C=O) groups is 1. The predicted octanol–water partition coefficient (Wildman–Crippen LogP) is 6.79. The molecule has 1 amide bonds. The lowest BCUT2D eigenvalue weighted by atomic mass is 9.95. The van der Waals surface area contributed by atoms with Gasteiger partial charge in [0.15, 0.2) is 12.6 Å². The van der Waals surface area contributed by atoms with Crippen LogP contribution in [0.3, 0.4) is 0 Å². The molecule has 8 rings (SSSR count). The second-order valence-electron chi connectivity index (χ2n) is 15.6. The first-order valence-electron chi connectivity index (χ1n) is 17.9. The van der Waals surface area contributed by atoms with E-state index in [1.165, 1.54) is 7.11 Å². The number of amides is 1. The minimum atomic E-state index is -5.03. The highest BCUT2D eigenvalue weighted by Gasteiger charge is 2.53. The van der Waals surface area contributed by atoms with Crippen molar-refractivity contribution in [1.82, 2.24) is 24.8 Å². The van der Waals surface area contributed by atoms with Crippen LogP contribution in [0.15, 0.2) is 12.1 Å². The van der Waals surface area contributed by atoms with Gasteiger partial charge in [-0.3, -0.25) is 9.80 Å². The number of piperazine rings is 1. The number of methoxy groups -OCH3 is 1. The SMILES string of the molecule is COCOc1cc(Cl)c(C(F)(F)F)c(-c2nc3c4c(nc(OC[C@@]56CCCN5C[C@H](F)C6)nc4c2F)N2C[C@@H]4CC[C@H]([C@H]2CO3)N4C(=O)OC(C)(C)C)c1. The molecule has 5 atom stereocenters. The van der Waals surface area contributed by atoms with Crippen LogP contribution in [0.5, 0.6) is 17.6 Å². The average Bonchev–Trinajstić information content (AvgIpc) is 3.69. The van der Waals surface area contributed by atoms with E-state index in [0.29, 0.717) is 25.8 Å². The summed E-state index contributed by atoms with van der Waals surface area (Å²) < 4.78 is 104. The summed E-state index contributed by atoms with van der Waals surface area (Å²) in [6.45, 7) is 6.24. The Hall–Kier alpha value is -3.96. The van der Waals surface area contributed by atoms with Crippen molar-refractivity contribution in [1.29, 1.82) is 0 Å². The van der Waals surface area contributed by atoms with Crippen molar-refractivity contribution in [3.63, 3.8) is 0 Å². The van der Waals surface area contributed by atoms with Crippen molar-refractivity contribution < 1.29 is 50.4 Å². The summed E-state index contributed by atoms with van der Waals surface area (Å²) in [6.07, 6.45) is -3.45. The summed E-state index contributed by atoms with van der Waals surface area (Å²) in [4.78, 5) is 32.8. The van der Waals surface area contributed by atoms with Crippen molar-refractivity contribution in [3.8, 4) is 28.9 Å². The maximum atomic E-state index is 17.1. The van der Waals surface area contributed by atoms with Crippen LogP contribution in [0.25, 0.3) is 22.2 Å². The van der Waals surface area contributed by atoms with Crippen LogP contribution >= 0.6 is 11.6 Å². The fourth-order valence-electron chi connectivity index (χ4n) is 8.82. The zero-order valence-corrected chi connectivity index (χ0v) is 30.9. The Kier molecular flexibility index (Phi) is 9.15. The Morgan fingerprint density at radius 2 is 1.89 bits per heavy atom. The van der Waals surface area contributed by atoms with Gasteiger partial charge in [0.2, 0.25) is 5.88 Å². The second-order valence-corrected chi connectivity index (χ2v) is 16.0. The van der Waals surface area contributed by atoms with Gasteiger partial charge in [-0.25, -0.2) is 18.6 Å². The molecule has 5 aliphatic rings. The van der Waals surface area contributed by atoms with Gasteiger partial charge in [0.1, 0.15) is 53.2 Å². The maximum absolute atomic E-state index is 17.1. The van der Waals surface area contributed by atoms with E-state index >= 15 is 4.39 Å². The summed E-state index contributed by atoms with van der Waals surface area (Å²) in [6, 6.07) is 0.492. The van der Waals surface area contributed by atoms with E-state index in [9.17, 15) is 22.4 Å². The third-order valence-corrected chi connectivity index (χ3v) is 11.3. The minimum Gasteiger partial charge on any atom is -0.475 e. The molecule has 2 aromatic heterocycles. The lowest BCUT2D eigenvalue weighted by molar-refractivity contribution is -0.137. The molecule has 1 aromatic carbocycles. The highest BCUT2D eigenvalue weighted by molar-refractivity contribution is 6.32. The predicted molar refractivity (Wildman–Crippen MR) is 185 cm³/mol. The number of benzene rings is 1. The number of carbonyl (C=O) groups excluding carboxylic acids is 1. The second kappa shape index (κ2) is 13.4. The largest absolute Gasteiger partial charge is 0.475 e. The highest BCUT2D eigenvalue weighted by Crippen LogP contribution is 2.49. The Labute approximate surface area is 312 Å². The minimum absolute atomic E-state index is 0.0229. The maximum Gasteiger partial charge on any atom is 0.418 e. The van der Waals surface area contributed by atoms with Crippen molar-refractivity contribution >= 4 is 34.4 Å². The van der Waals surface area contributed by atoms with E-state index in [0.717, 1.165) is 18.6 Å². The number of ether oxygens (including phenoxy) is 5. The van der Waals surface area contributed by atoms with E-state index in [4.69, 9.17) is 40.3 Å². The Bertz CT molecular complexity index is 1990. The van der Waals surface area contributed by atoms with E-state index in [1.807, 2.05) is 9.80 Å². The van der Waals surface area contributed by atoms with Crippen molar-refractivity contribution in [2.75, 3.05) is 51.7 Å². The van der Waals surface area contributed by atoms with Gasteiger partial charge in [-0.2, -0.15) is 23.1 Å². The molecule has 2 bridgehead atoms. The monoisotopic (exact) mass is 782 g/mol. The first-order chi connectivity index (χ1) is 25.6. The molecule has 4 saturated heterocycles. The molecular weight excluding hydrogens is 743 g/mol. The molecule has 12 nitrogen and oxygen atoms in total. The molecule has 7 heterocycles. The molecule has 0 saturated carbocycles. The zero-order valence-electron chi connectivity index (χ0n) is 30.1. The Morgan fingerprint density at radius 1 is 1.09 bits per heavy atom. The van der Waals surface area contributed by atoms with Gasteiger partial charge in [-0.1, -0.05) is 11.6 Å².